The average molecular weight is 516 g/mol. The number of carbonyl (C=O) groups is 3. The van der Waals surface area contributed by atoms with Crippen LogP contribution in [0.2, 0.25) is 0 Å². The molecule has 0 spiro atoms. The van der Waals surface area contributed by atoms with Crippen molar-refractivity contribution in [2.45, 2.75) is 68.9 Å². The van der Waals surface area contributed by atoms with Crippen LogP contribution in [0, 0.1) is 0 Å². The van der Waals surface area contributed by atoms with Crippen molar-refractivity contribution in [3.63, 3.8) is 0 Å². The van der Waals surface area contributed by atoms with Gasteiger partial charge in [-0.15, -0.1) is 23.1 Å². The van der Waals surface area contributed by atoms with E-state index in [2.05, 4.69) is 17.1 Å². The number of esters is 1. The lowest BCUT2D eigenvalue weighted by Crippen LogP contribution is -2.42. The summed E-state index contributed by atoms with van der Waals surface area (Å²) in [7, 11) is 0. The van der Waals surface area contributed by atoms with Gasteiger partial charge < -0.3 is 14.5 Å². The zero-order valence-corrected chi connectivity index (χ0v) is 22.2. The molecule has 35 heavy (non-hydrogen) atoms. The molecule has 4 rings (SSSR count). The topological polar surface area (TPSA) is 79.8 Å². The molecule has 3 heterocycles. The van der Waals surface area contributed by atoms with Crippen molar-refractivity contribution in [2.24, 2.45) is 0 Å². The Labute approximate surface area is 215 Å². The molecular formula is C26H33N3O4S2. The number of aromatic nitrogens is 1. The number of hydrogen-bond donors (Lipinski definition) is 0. The maximum absolute atomic E-state index is 13.1. The third-order valence-corrected chi connectivity index (χ3v) is 8.34. The monoisotopic (exact) mass is 515 g/mol. The van der Waals surface area contributed by atoms with Crippen molar-refractivity contribution in [1.82, 2.24) is 14.8 Å². The Balaban J connectivity index is 1.31. The van der Waals surface area contributed by atoms with Gasteiger partial charge in [-0.25, -0.2) is 9.78 Å². The molecule has 1 unspecified atom stereocenters. The number of piperidine rings is 1. The maximum atomic E-state index is 13.1. The van der Waals surface area contributed by atoms with E-state index >= 15 is 0 Å². The fourth-order valence-electron chi connectivity index (χ4n) is 4.69. The van der Waals surface area contributed by atoms with Gasteiger partial charge in [0.15, 0.2) is 0 Å². The van der Waals surface area contributed by atoms with Gasteiger partial charge in [-0.3, -0.25) is 9.59 Å². The number of thiazole rings is 1. The smallest absolute Gasteiger partial charge is 0.329 e. The number of likely N-dealkylation sites (tertiary alicyclic amines) is 2. The minimum atomic E-state index is -0.527. The summed E-state index contributed by atoms with van der Waals surface area (Å²) in [6.07, 6.45) is 5.35. The number of ether oxygens (including phenoxy) is 1. The molecule has 9 heteroatoms. The molecule has 0 aliphatic carbocycles. The first-order valence-corrected chi connectivity index (χ1v) is 14.3. The number of hydrogen-bond acceptors (Lipinski definition) is 7. The number of thioether (sulfide) groups is 1. The lowest BCUT2D eigenvalue weighted by atomic mass is 9.97. The molecule has 2 aliphatic rings. The highest BCUT2D eigenvalue weighted by Crippen LogP contribution is 2.31. The summed E-state index contributed by atoms with van der Waals surface area (Å²) in [5.41, 5.74) is 1.44. The Kier molecular flexibility index (Phi) is 8.49. The minimum absolute atomic E-state index is 0.156. The van der Waals surface area contributed by atoms with Crippen molar-refractivity contribution in [3.8, 4) is 0 Å². The molecule has 2 saturated heterocycles. The first kappa shape index (κ1) is 25.7. The fraction of sp³-hybridized carbons (Fsp3) is 0.538. The van der Waals surface area contributed by atoms with E-state index in [-0.39, 0.29) is 29.8 Å². The molecule has 0 N–H and O–H groups in total. The van der Waals surface area contributed by atoms with Crippen LogP contribution in [0.1, 0.15) is 66.5 Å². The molecule has 2 amide bonds. The summed E-state index contributed by atoms with van der Waals surface area (Å²) in [6.45, 7) is 5.57. The van der Waals surface area contributed by atoms with Crippen LogP contribution in [0.5, 0.6) is 0 Å². The quantitative estimate of drug-likeness (QED) is 0.402. The summed E-state index contributed by atoms with van der Waals surface area (Å²) in [6, 6.07) is 7.63. The molecular weight excluding hydrogens is 482 g/mol. The molecule has 7 nitrogen and oxygen atoms in total. The van der Waals surface area contributed by atoms with Crippen LogP contribution in [0.15, 0.2) is 34.5 Å². The first-order valence-electron chi connectivity index (χ1n) is 12.2. The lowest BCUT2D eigenvalue weighted by Gasteiger charge is -2.31. The SMILES string of the molecule is CSc1ccc(CC(=O)N2CCC(c3nc(C(=O)N4CCCC4C(=O)OC(C)C)cs3)CC2)cc1. The van der Waals surface area contributed by atoms with Gasteiger partial charge in [0.25, 0.3) is 5.91 Å². The highest BCUT2D eigenvalue weighted by Gasteiger charge is 2.37. The van der Waals surface area contributed by atoms with Gasteiger partial charge in [0.1, 0.15) is 11.7 Å². The van der Waals surface area contributed by atoms with Gasteiger partial charge in [-0.05, 0) is 63.5 Å². The third kappa shape index (κ3) is 6.25. The van der Waals surface area contributed by atoms with E-state index in [1.54, 1.807) is 22.0 Å². The molecule has 1 atom stereocenters. The molecule has 188 valence electrons. The van der Waals surface area contributed by atoms with Crippen LogP contribution in [0.25, 0.3) is 0 Å². The van der Waals surface area contributed by atoms with Crippen molar-refractivity contribution in [3.05, 3.63) is 45.9 Å². The Morgan fingerprint density at radius 1 is 1.11 bits per heavy atom. The van der Waals surface area contributed by atoms with E-state index in [1.807, 2.05) is 37.1 Å². The maximum Gasteiger partial charge on any atom is 0.329 e. The summed E-state index contributed by atoms with van der Waals surface area (Å²) >= 11 is 3.19. The van der Waals surface area contributed by atoms with Gasteiger partial charge in [-0.1, -0.05) is 12.1 Å². The Morgan fingerprint density at radius 3 is 2.49 bits per heavy atom. The largest absolute Gasteiger partial charge is 0.461 e. The van der Waals surface area contributed by atoms with Crippen LogP contribution < -0.4 is 0 Å². The van der Waals surface area contributed by atoms with Crippen LogP contribution in [0.4, 0.5) is 0 Å². The third-order valence-electron chi connectivity index (χ3n) is 6.59. The average Bonchev–Trinajstić information content (AvgIpc) is 3.54. The Bertz CT molecular complexity index is 1050. The fourth-order valence-corrected chi connectivity index (χ4v) is 6.07. The van der Waals surface area contributed by atoms with E-state index in [0.29, 0.717) is 38.2 Å². The van der Waals surface area contributed by atoms with E-state index in [0.717, 1.165) is 29.8 Å². The highest BCUT2D eigenvalue weighted by atomic mass is 32.2. The number of nitrogens with zero attached hydrogens (tertiary/aromatic N) is 3. The van der Waals surface area contributed by atoms with Crippen LogP contribution >= 0.6 is 23.1 Å². The minimum Gasteiger partial charge on any atom is -0.461 e. The van der Waals surface area contributed by atoms with Gasteiger partial charge >= 0.3 is 5.97 Å². The van der Waals surface area contributed by atoms with Gasteiger partial charge in [0.2, 0.25) is 5.91 Å². The molecule has 2 fully saturated rings. The molecule has 0 saturated carbocycles. The second-order valence-electron chi connectivity index (χ2n) is 9.39. The Morgan fingerprint density at radius 2 is 1.83 bits per heavy atom. The van der Waals surface area contributed by atoms with Gasteiger partial charge in [0.05, 0.1) is 17.5 Å². The number of benzene rings is 1. The molecule has 0 bridgehead atoms. The first-order chi connectivity index (χ1) is 16.9. The van der Waals surface area contributed by atoms with Gasteiger partial charge in [-0.2, -0.15) is 0 Å². The molecule has 2 aliphatic heterocycles. The van der Waals surface area contributed by atoms with Crippen molar-refractivity contribution in [1.29, 1.82) is 0 Å². The second kappa shape index (κ2) is 11.6. The molecule has 1 aromatic heterocycles. The van der Waals surface area contributed by atoms with Crippen LogP contribution in [0.3, 0.4) is 0 Å². The summed E-state index contributed by atoms with van der Waals surface area (Å²) in [5.74, 6) is -0.134. The molecule has 1 aromatic carbocycles. The summed E-state index contributed by atoms with van der Waals surface area (Å²) in [5, 5.41) is 2.74. The van der Waals surface area contributed by atoms with E-state index in [1.165, 1.54) is 16.2 Å². The zero-order valence-electron chi connectivity index (χ0n) is 20.6. The number of carbonyl (C=O) groups excluding carboxylic acids is 3. The lowest BCUT2D eigenvalue weighted by molar-refractivity contribution is -0.152. The van der Waals surface area contributed by atoms with Crippen molar-refractivity contribution < 1.29 is 19.1 Å². The molecule has 0 radical (unpaired) electrons. The number of amides is 2. The van der Waals surface area contributed by atoms with Crippen molar-refractivity contribution in [2.75, 3.05) is 25.9 Å². The normalized spacial score (nSPS) is 18.8. The summed E-state index contributed by atoms with van der Waals surface area (Å²) < 4.78 is 5.34. The van der Waals surface area contributed by atoms with E-state index in [9.17, 15) is 14.4 Å². The second-order valence-corrected chi connectivity index (χ2v) is 11.2. The number of rotatable bonds is 7. The van der Waals surface area contributed by atoms with Gasteiger partial charge in [0, 0.05) is 35.8 Å². The molecule has 2 aromatic rings. The van der Waals surface area contributed by atoms with Crippen LogP contribution in [-0.2, 0) is 20.7 Å². The van der Waals surface area contributed by atoms with Crippen molar-refractivity contribution >= 4 is 40.9 Å². The predicted molar refractivity (Wildman–Crippen MR) is 138 cm³/mol. The van der Waals surface area contributed by atoms with E-state index < -0.39 is 6.04 Å². The Hall–Kier alpha value is -2.39. The predicted octanol–water partition coefficient (Wildman–Crippen LogP) is 4.37. The summed E-state index contributed by atoms with van der Waals surface area (Å²) in [4.78, 5) is 47.7. The van der Waals surface area contributed by atoms with Crippen LogP contribution in [-0.4, -0.2) is 70.6 Å². The van der Waals surface area contributed by atoms with E-state index in [4.69, 9.17) is 4.74 Å². The standard InChI is InChI=1S/C26H33N3O4S2/c1-17(2)33-26(32)22-5-4-12-29(22)25(31)21-16-35-24(27-21)19-10-13-28(14-11-19)23(30)15-18-6-8-20(34-3)9-7-18/h6-9,16-17,19,22H,4-5,10-15H2,1-3H3. The highest BCUT2D eigenvalue weighted by molar-refractivity contribution is 7.98. The zero-order chi connectivity index (χ0) is 24.9.